The van der Waals surface area contributed by atoms with Gasteiger partial charge in [0, 0.05) is 37.8 Å². The first-order valence-electron chi connectivity index (χ1n) is 10.1. The molecule has 1 aliphatic heterocycles. The minimum atomic E-state index is 0. The Hall–Kier alpha value is -1.26. The second-order valence-corrected chi connectivity index (χ2v) is 7.11. The predicted molar refractivity (Wildman–Crippen MR) is 123 cm³/mol. The summed E-state index contributed by atoms with van der Waals surface area (Å²) < 4.78 is 6.26. The van der Waals surface area contributed by atoms with Crippen LogP contribution in [0.3, 0.4) is 0 Å². The van der Waals surface area contributed by atoms with Gasteiger partial charge in [0.05, 0.1) is 0 Å². The van der Waals surface area contributed by atoms with E-state index in [9.17, 15) is 0 Å². The molecule has 1 heterocycles. The lowest BCUT2D eigenvalue weighted by Gasteiger charge is -2.36. The van der Waals surface area contributed by atoms with Gasteiger partial charge in [-0.3, -0.25) is 4.90 Å². The lowest BCUT2D eigenvalue weighted by atomic mass is 9.97. The third-order valence-electron chi connectivity index (χ3n) is 5.19. The number of hydrogen-bond acceptors (Lipinski definition) is 3. The molecule has 0 bridgehead atoms. The molecule has 5 heteroatoms. The molecule has 0 spiro atoms. The van der Waals surface area contributed by atoms with Gasteiger partial charge >= 0.3 is 0 Å². The molecule has 3 nitrogen and oxygen atoms in total. The smallest absolute Gasteiger partial charge is 0.124 e. The fourth-order valence-electron chi connectivity index (χ4n) is 3.74. The van der Waals surface area contributed by atoms with E-state index < -0.39 is 0 Å². The van der Waals surface area contributed by atoms with Crippen LogP contribution in [0.4, 0.5) is 0 Å². The first-order valence-corrected chi connectivity index (χ1v) is 10.1. The topological polar surface area (TPSA) is 24.5 Å². The molecular weight excluding hydrogens is 391 g/mol. The third-order valence-corrected chi connectivity index (χ3v) is 5.19. The van der Waals surface area contributed by atoms with E-state index in [1.807, 2.05) is 6.07 Å². The molecule has 156 valence electrons. The summed E-state index contributed by atoms with van der Waals surface area (Å²) in [5.41, 5.74) is 2.56. The summed E-state index contributed by atoms with van der Waals surface area (Å²) in [6, 6.07) is 19.5. The van der Waals surface area contributed by atoms with E-state index in [2.05, 4.69) is 65.7 Å². The average molecular weight is 425 g/mol. The summed E-state index contributed by atoms with van der Waals surface area (Å²) in [7, 11) is 0. The van der Waals surface area contributed by atoms with E-state index in [4.69, 9.17) is 4.74 Å². The van der Waals surface area contributed by atoms with Crippen LogP contribution >= 0.6 is 24.8 Å². The fraction of sp³-hybridized carbons (Fsp3) is 0.478. The number of benzene rings is 2. The highest BCUT2D eigenvalue weighted by molar-refractivity contribution is 5.85. The summed E-state index contributed by atoms with van der Waals surface area (Å²) in [5.74, 6) is 1.04. The monoisotopic (exact) mass is 424 g/mol. The van der Waals surface area contributed by atoms with Gasteiger partial charge in [0.25, 0.3) is 0 Å². The van der Waals surface area contributed by atoms with E-state index >= 15 is 0 Å². The summed E-state index contributed by atoms with van der Waals surface area (Å²) >= 11 is 0. The molecule has 0 aromatic heterocycles. The van der Waals surface area contributed by atoms with Crippen molar-refractivity contribution in [1.29, 1.82) is 0 Å². The molecule has 2 aromatic rings. The Kier molecular flexibility index (Phi) is 12.2. The van der Waals surface area contributed by atoms with Crippen molar-refractivity contribution in [3.8, 4) is 5.75 Å². The minimum Gasteiger partial charge on any atom is -0.489 e. The predicted octanol–water partition coefficient (Wildman–Crippen LogP) is 5.64. The largest absolute Gasteiger partial charge is 0.489 e. The Bertz CT molecular complexity index is 648. The Morgan fingerprint density at radius 1 is 0.929 bits per heavy atom. The Morgan fingerprint density at radius 3 is 2.32 bits per heavy atom. The summed E-state index contributed by atoms with van der Waals surface area (Å²) in [4.78, 5) is 2.64. The van der Waals surface area contributed by atoms with Crippen molar-refractivity contribution < 1.29 is 4.74 Å². The lowest BCUT2D eigenvalue weighted by Crippen LogP contribution is -2.45. The highest BCUT2D eigenvalue weighted by Crippen LogP contribution is 2.34. The number of ether oxygens (including phenoxy) is 1. The van der Waals surface area contributed by atoms with Gasteiger partial charge in [-0.2, -0.15) is 0 Å². The second kappa shape index (κ2) is 13.8. The third kappa shape index (κ3) is 7.29. The molecule has 28 heavy (non-hydrogen) atoms. The molecule has 0 saturated carbocycles. The van der Waals surface area contributed by atoms with Crippen molar-refractivity contribution in [3.63, 3.8) is 0 Å². The maximum Gasteiger partial charge on any atom is 0.124 e. The Labute approximate surface area is 182 Å². The highest BCUT2D eigenvalue weighted by Gasteiger charge is 2.24. The van der Waals surface area contributed by atoms with Crippen LogP contribution in [0.25, 0.3) is 0 Å². The van der Waals surface area contributed by atoms with Crippen LogP contribution in [0.5, 0.6) is 5.75 Å². The molecule has 0 radical (unpaired) electrons. The molecule has 1 N–H and O–H groups in total. The van der Waals surface area contributed by atoms with Crippen LogP contribution in [-0.2, 0) is 6.61 Å². The SMILES string of the molecule is CCCCC[C@H](c1ccccc1OCc1ccccc1)N1CCNCC1.Cl.Cl. The van der Waals surface area contributed by atoms with Crippen molar-refractivity contribution in [1.82, 2.24) is 10.2 Å². The van der Waals surface area contributed by atoms with Gasteiger partial charge in [0.15, 0.2) is 0 Å². The molecule has 1 saturated heterocycles. The standard InChI is InChI=1S/C23H32N2O.2ClH/c1-2-3-5-13-22(25-17-15-24-16-18-25)21-12-8-9-14-23(21)26-19-20-10-6-4-7-11-20;;/h4,6-12,14,22,24H,2-3,5,13,15-19H2,1H3;2*1H/t22-;;/m1../s1. The molecule has 0 aliphatic carbocycles. The quantitative estimate of drug-likeness (QED) is 0.527. The summed E-state index contributed by atoms with van der Waals surface area (Å²) in [6.07, 6.45) is 5.05. The van der Waals surface area contributed by atoms with Crippen LogP contribution < -0.4 is 10.1 Å². The van der Waals surface area contributed by atoms with Crippen molar-refractivity contribution >= 4 is 24.8 Å². The molecular formula is C23H34Cl2N2O. The van der Waals surface area contributed by atoms with Gasteiger partial charge in [-0.05, 0) is 18.1 Å². The van der Waals surface area contributed by atoms with Crippen molar-refractivity contribution in [2.45, 2.75) is 45.3 Å². The fourth-order valence-corrected chi connectivity index (χ4v) is 3.74. The van der Waals surface area contributed by atoms with Gasteiger partial charge in [0.2, 0.25) is 0 Å². The Morgan fingerprint density at radius 2 is 1.61 bits per heavy atom. The van der Waals surface area contributed by atoms with E-state index in [0.717, 1.165) is 31.9 Å². The average Bonchev–Trinajstić information content (AvgIpc) is 2.72. The second-order valence-electron chi connectivity index (χ2n) is 7.11. The van der Waals surface area contributed by atoms with E-state index in [0.29, 0.717) is 12.6 Å². The van der Waals surface area contributed by atoms with Gasteiger partial charge in [-0.25, -0.2) is 0 Å². The number of hydrogen-bond donors (Lipinski definition) is 1. The van der Waals surface area contributed by atoms with Gasteiger partial charge in [-0.15, -0.1) is 24.8 Å². The van der Waals surface area contributed by atoms with Crippen molar-refractivity contribution in [2.24, 2.45) is 0 Å². The first-order chi connectivity index (χ1) is 12.9. The molecule has 0 amide bonds. The first kappa shape index (κ1) is 24.8. The summed E-state index contributed by atoms with van der Waals surface area (Å²) in [5, 5.41) is 3.48. The Balaban J connectivity index is 0.00000196. The van der Waals surface area contributed by atoms with Crippen LogP contribution in [0.1, 0.15) is 49.8 Å². The molecule has 3 rings (SSSR count). The zero-order valence-corrected chi connectivity index (χ0v) is 18.4. The maximum atomic E-state index is 6.26. The van der Waals surface area contributed by atoms with E-state index in [1.54, 1.807) is 0 Å². The highest BCUT2D eigenvalue weighted by atomic mass is 35.5. The zero-order chi connectivity index (χ0) is 18.0. The number of nitrogens with one attached hydrogen (secondary N) is 1. The number of halogens is 2. The summed E-state index contributed by atoms with van der Waals surface area (Å²) in [6.45, 7) is 7.29. The van der Waals surface area contributed by atoms with Crippen LogP contribution in [0.15, 0.2) is 54.6 Å². The number of unbranched alkanes of at least 4 members (excludes halogenated alkanes) is 2. The molecule has 1 fully saturated rings. The van der Waals surface area contributed by atoms with Gasteiger partial charge < -0.3 is 10.1 Å². The van der Waals surface area contributed by atoms with Crippen LogP contribution in [0.2, 0.25) is 0 Å². The zero-order valence-electron chi connectivity index (χ0n) is 16.8. The number of piperazine rings is 1. The van der Waals surface area contributed by atoms with E-state index in [1.165, 1.54) is 36.8 Å². The number of nitrogens with zero attached hydrogens (tertiary/aromatic N) is 1. The lowest BCUT2D eigenvalue weighted by molar-refractivity contribution is 0.158. The van der Waals surface area contributed by atoms with Crippen LogP contribution in [0, 0.1) is 0 Å². The molecule has 2 aromatic carbocycles. The minimum absolute atomic E-state index is 0. The molecule has 0 unspecified atom stereocenters. The normalized spacial score (nSPS) is 15.2. The number of rotatable bonds is 9. The number of para-hydroxylation sites is 1. The molecule has 1 atom stereocenters. The van der Waals surface area contributed by atoms with Crippen molar-refractivity contribution in [2.75, 3.05) is 26.2 Å². The van der Waals surface area contributed by atoms with Crippen LogP contribution in [-0.4, -0.2) is 31.1 Å². The maximum absolute atomic E-state index is 6.26. The molecule has 1 aliphatic rings. The van der Waals surface area contributed by atoms with E-state index in [-0.39, 0.29) is 24.8 Å². The van der Waals surface area contributed by atoms with Gasteiger partial charge in [0.1, 0.15) is 12.4 Å². The van der Waals surface area contributed by atoms with Gasteiger partial charge in [-0.1, -0.05) is 74.7 Å². The van der Waals surface area contributed by atoms with Crippen molar-refractivity contribution in [3.05, 3.63) is 65.7 Å².